The number of nitrogens with zero attached hydrogens (tertiary/aromatic N) is 4. The topological polar surface area (TPSA) is 100 Å². The van der Waals surface area contributed by atoms with Crippen LogP contribution in [0.3, 0.4) is 0 Å². The SMILES string of the molecule is CC[C@@H]1CC[C@@](C)(c2cccc(-c3n[nH]c(=O)[nH]3)n2)c2nnc(-c3c(F)cccc3F)cc21. The predicted molar refractivity (Wildman–Crippen MR) is 119 cm³/mol. The van der Waals surface area contributed by atoms with Crippen LogP contribution in [0.1, 0.15) is 56.0 Å². The van der Waals surface area contributed by atoms with Crippen LogP contribution in [0.15, 0.2) is 47.3 Å². The Morgan fingerprint density at radius 3 is 2.55 bits per heavy atom. The van der Waals surface area contributed by atoms with Gasteiger partial charge in [0.15, 0.2) is 5.82 Å². The number of hydrogen-bond acceptors (Lipinski definition) is 5. The summed E-state index contributed by atoms with van der Waals surface area (Å²) in [4.78, 5) is 18.9. The van der Waals surface area contributed by atoms with Crippen LogP contribution in [-0.2, 0) is 5.41 Å². The summed E-state index contributed by atoms with van der Waals surface area (Å²) < 4.78 is 28.8. The monoisotopic (exact) mass is 448 g/mol. The standard InChI is InChI=1S/C24H22F2N6O/c1-3-13-10-11-24(2,19-9-5-8-17(27-19)22-28-23(33)32-31-22)21-14(13)12-18(29-30-21)20-15(25)6-4-7-16(20)26/h4-9,12-13H,3,10-11H2,1-2H3,(H2,28,31,32,33)/t13-,24+/m1/s1. The number of hydrogen-bond donors (Lipinski definition) is 2. The minimum Gasteiger partial charge on any atom is -0.288 e. The summed E-state index contributed by atoms with van der Waals surface area (Å²) in [6, 6.07) is 11.1. The number of rotatable bonds is 4. The molecule has 33 heavy (non-hydrogen) atoms. The minimum atomic E-state index is -0.668. The summed E-state index contributed by atoms with van der Waals surface area (Å²) in [5.74, 6) is -0.788. The van der Waals surface area contributed by atoms with Gasteiger partial charge < -0.3 is 0 Å². The molecule has 0 saturated heterocycles. The molecule has 5 rings (SSSR count). The van der Waals surface area contributed by atoms with Crippen LogP contribution in [0, 0.1) is 11.6 Å². The zero-order valence-corrected chi connectivity index (χ0v) is 18.2. The third kappa shape index (κ3) is 3.53. The largest absolute Gasteiger partial charge is 0.340 e. The first-order chi connectivity index (χ1) is 15.9. The highest BCUT2D eigenvalue weighted by molar-refractivity contribution is 5.62. The minimum absolute atomic E-state index is 0.169. The smallest absolute Gasteiger partial charge is 0.288 e. The lowest BCUT2D eigenvalue weighted by atomic mass is 9.68. The summed E-state index contributed by atoms with van der Waals surface area (Å²) in [5.41, 5.74) is 2.02. The molecule has 0 spiro atoms. The number of pyridine rings is 1. The van der Waals surface area contributed by atoms with E-state index in [2.05, 4.69) is 39.2 Å². The van der Waals surface area contributed by atoms with Crippen molar-refractivity contribution in [3.63, 3.8) is 0 Å². The molecule has 0 amide bonds. The normalized spacial score (nSPS) is 19.9. The van der Waals surface area contributed by atoms with Gasteiger partial charge in [-0.15, -0.1) is 5.10 Å². The molecule has 0 fully saturated rings. The van der Waals surface area contributed by atoms with Gasteiger partial charge in [-0.2, -0.15) is 10.2 Å². The van der Waals surface area contributed by atoms with Gasteiger partial charge in [0.2, 0.25) is 0 Å². The third-order valence-corrected chi connectivity index (χ3v) is 6.55. The molecular weight excluding hydrogens is 426 g/mol. The van der Waals surface area contributed by atoms with E-state index in [9.17, 15) is 13.6 Å². The highest BCUT2D eigenvalue weighted by Gasteiger charge is 2.40. The average molecular weight is 448 g/mol. The molecule has 9 heteroatoms. The lowest BCUT2D eigenvalue weighted by Gasteiger charge is -2.37. The van der Waals surface area contributed by atoms with E-state index in [0.29, 0.717) is 11.5 Å². The fourth-order valence-corrected chi connectivity index (χ4v) is 4.69. The first-order valence-electron chi connectivity index (χ1n) is 10.9. The van der Waals surface area contributed by atoms with E-state index in [1.807, 2.05) is 12.1 Å². The number of aromatic amines is 2. The highest BCUT2D eigenvalue weighted by atomic mass is 19.1. The van der Waals surface area contributed by atoms with Gasteiger partial charge in [0.1, 0.15) is 17.3 Å². The van der Waals surface area contributed by atoms with Gasteiger partial charge in [-0.3, -0.25) is 4.98 Å². The second-order valence-electron chi connectivity index (χ2n) is 8.54. The number of benzene rings is 1. The van der Waals surface area contributed by atoms with Crippen molar-refractivity contribution in [3.8, 4) is 22.8 Å². The quantitative estimate of drug-likeness (QED) is 0.479. The van der Waals surface area contributed by atoms with Crippen molar-refractivity contribution in [2.75, 3.05) is 0 Å². The van der Waals surface area contributed by atoms with Gasteiger partial charge in [0, 0.05) is 0 Å². The molecule has 168 valence electrons. The van der Waals surface area contributed by atoms with Crippen LogP contribution in [-0.4, -0.2) is 30.4 Å². The zero-order chi connectivity index (χ0) is 23.2. The van der Waals surface area contributed by atoms with Crippen molar-refractivity contribution in [2.45, 2.75) is 44.4 Å². The number of H-pyrrole nitrogens is 2. The Morgan fingerprint density at radius 1 is 1.09 bits per heavy atom. The Hall–Kier alpha value is -3.75. The molecule has 0 bridgehead atoms. The maximum atomic E-state index is 14.4. The number of nitrogens with one attached hydrogen (secondary N) is 2. The summed E-state index contributed by atoms with van der Waals surface area (Å²) in [6.45, 7) is 4.14. The summed E-state index contributed by atoms with van der Waals surface area (Å²) in [6.07, 6.45) is 2.53. The average Bonchev–Trinajstić information content (AvgIpc) is 3.26. The Labute approximate surface area is 188 Å². The van der Waals surface area contributed by atoms with E-state index in [0.717, 1.165) is 36.2 Å². The van der Waals surface area contributed by atoms with Crippen molar-refractivity contribution >= 4 is 0 Å². The maximum absolute atomic E-state index is 14.4. The van der Waals surface area contributed by atoms with Crippen LogP contribution in [0.2, 0.25) is 0 Å². The lowest BCUT2D eigenvalue weighted by Crippen LogP contribution is -2.33. The number of fused-ring (bicyclic) bond motifs is 1. The molecule has 0 saturated carbocycles. The van der Waals surface area contributed by atoms with Gasteiger partial charge in [0.05, 0.1) is 28.1 Å². The van der Waals surface area contributed by atoms with E-state index in [4.69, 9.17) is 4.98 Å². The number of aromatic nitrogens is 6. The molecule has 2 atom stereocenters. The maximum Gasteiger partial charge on any atom is 0.340 e. The Balaban J connectivity index is 1.64. The van der Waals surface area contributed by atoms with Crippen LogP contribution >= 0.6 is 0 Å². The van der Waals surface area contributed by atoms with Gasteiger partial charge in [-0.1, -0.05) is 19.1 Å². The van der Waals surface area contributed by atoms with Gasteiger partial charge >= 0.3 is 5.69 Å². The van der Waals surface area contributed by atoms with Crippen molar-refractivity contribution in [2.24, 2.45) is 0 Å². The summed E-state index contributed by atoms with van der Waals surface area (Å²) >= 11 is 0. The van der Waals surface area contributed by atoms with Gasteiger partial charge in [0.25, 0.3) is 0 Å². The second-order valence-corrected chi connectivity index (χ2v) is 8.54. The van der Waals surface area contributed by atoms with Crippen LogP contribution in [0.4, 0.5) is 8.78 Å². The molecule has 0 unspecified atom stereocenters. The van der Waals surface area contributed by atoms with E-state index < -0.39 is 22.7 Å². The molecule has 7 nitrogen and oxygen atoms in total. The number of halogens is 2. The van der Waals surface area contributed by atoms with Gasteiger partial charge in [-0.25, -0.2) is 23.7 Å². The second kappa shape index (κ2) is 7.99. The zero-order valence-electron chi connectivity index (χ0n) is 18.2. The van der Waals surface area contributed by atoms with E-state index in [1.54, 1.807) is 12.1 Å². The third-order valence-electron chi connectivity index (χ3n) is 6.55. The molecule has 0 aliphatic heterocycles. The molecular formula is C24H22F2N6O. The van der Waals surface area contributed by atoms with Crippen molar-refractivity contribution < 1.29 is 8.78 Å². The summed E-state index contributed by atoms with van der Waals surface area (Å²) in [7, 11) is 0. The van der Waals surface area contributed by atoms with Crippen molar-refractivity contribution in [1.82, 2.24) is 30.4 Å². The van der Waals surface area contributed by atoms with Crippen LogP contribution in [0.5, 0.6) is 0 Å². The van der Waals surface area contributed by atoms with Crippen LogP contribution < -0.4 is 5.69 Å². The molecule has 1 aromatic carbocycles. The summed E-state index contributed by atoms with van der Waals surface area (Å²) in [5, 5.41) is 15.1. The van der Waals surface area contributed by atoms with Crippen molar-refractivity contribution in [3.05, 3.63) is 81.5 Å². The molecule has 3 aromatic heterocycles. The lowest BCUT2D eigenvalue weighted by molar-refractivity contribution is 0.389. The van der Waals surface area contributed by atoms with E-state index in [1.165, 1.54) is 18.2 Å². The molecule has 0 radical (unpaired) electrons. The first-order valence-corrected chi connectivity index (χ1v) is 10.9. The molecule has 4 aromatic rings. The van der Waals surface area contributed by atoms with E-state index >= 15 is 0 Å². The first kappa shape index (κ1) is 21.1. The molecule has 2 N–H and O–H groups in total. The van der Waals surface area contributed by atoms with Gasteiger partial charge in [-0.05, 0) is 68.0 Å². The molecule has 1 aliphatic rings. The van der Waals surface area contributed by atoms with Crippen molar-refractivity contribution in [1.29, 1.82) is 0 Å². The highest BCUT2D eigenvalue weighted by Crippen LogP contribution is 2.47. The molecule has 1 aliphatic carbocycles. The molecule has 3 heterocycles. The predicted octanol–water partition coefficient (Wildman–Crippen LogP) is 4.49. The van der Waals surface area contributed by atoms with E-state index in [-0.39, 0.29) is 17.2 Å². The van der Waals surface area contributed by atoms with Crippen LogP contribution in [0.25, 0.3) is 22.8 Å². The Morgan fingerprint density at radius 2 is 1.85 bits per heavy atom. The Kier molecular flexibility index (Phi) is 5.11. The fraction of sp³-hybridized carbons (Fsp3) is 0.292. The fourth-order valence-electron chi connectivity index (χ4n) is 4.69. The Bertz CT molecular complexity index is 1380.